The largest absolute Gasteiger partial charge is 0.388 e. The molecule has 2 aromatic rings. The zero-order valence-electron chi connectivity index (χ0n) is 10.2. The van der Waals surface area contributed by atoms with Gasteiger partial charge in [0.2, 0.25) is 5.95 Å². The van der Waals surface area contributed by atoms with Gasteiger partial charge in [-0.25, -0.2) is 0 Å². The highest BCUT2D eigenvalue weighted by Gasteiger charge is 2.30. The van der Waals surface area contributed by atoms with Crippen LogP contribution in [0.15, 0.2) is 6.20 Å². The van der Waals surface area contributed by atoms with Crippen molar-refractivity contribution in [2.75, 3.05) is 23.7 Å². The molecule has 7 nitrogen and oxygen atoms in total. The Morgan fingerprint density at radius 2 is 2.33 bits per heavy atom. The summed E-state index contributed by atoms with van der Waals surface area (Å²) in [7, 11) is 0. The van der Waals surface area contributed by atoms with Gasteiger partial charge in [-0.3, -0.25) is 5.10 Å². The van der Waals surface area contributed by atoms with Crippen LogP contribution in [0.25, 0.3) is 11.0 Å². The summed E-state index contributed by atoms with van der Waals surface area (Å²) in [4.78, 5) is 10.4. The Kier molecular flexibility index (Phi) is 2.37. The second kappa shape index (κ2) is 3.81. The Balaban J connectivity index is 2.05. The van der Waals surface area contributed by atoms with Gasteiger partial charge >= 0.3 is 0 Å². The molecule has 1 atom stereocenters. The molecule has 0 aromatic carbocycles. The molecule has 0 radical (unpaired) electrons. The number of nitrogens with one attached hydrogen (secondary N) is 1. The van der Waals surface area contributed by atoms with Gasteiger partial charge in [0.15, 0.2) is 5.65 Å². The third-order valence-electron chi connectivity index (χ3n) is 3.28. The number of rotatable bonds is 1. The molecule has 4 N–H and O–H groups in total. The minimum absolute atomic E-state index is 0.215. The fourth-order valence-electron chi connectivity index (χ4n) is 2.48. The Morgan fingerprint density at radius 3 is 3.11 bits per heavy atom. The zero-order chi connectivity index (χ0) is 12.8. The second-order valence-electron chi connectivity index (χ2n) is 5.06. The monoisotopic (exact) mass is 248 g/mol. The molecule has 1 fully saturated rings. The molecule has 3 rings (SSSR count). The Morgan fingerprint density at radius 1 is 1.50 bits per heavy atom. The van der Waals surface area contributed by atoms with E-state index in [4.69, 9.17) is 5.73 Å². The van der Waals surface area contributed by atoms with Gasteiger partial charge in [-0.05, 0) is 19.8 Å². The van der Waals surface area contributed by atoms with E-state index in [2.05, 4.69) is 20.2 Å². The third-order valence-corrected chi connectivity index (χ3v) is 3.28. The third kappa shape index (κ3) is 1.86. The van der Waals surface area contributed by atoms with E-state index in [-0.39, 0.29) is 5.95 Å². The van der Waals surface area contributed by atoms with Crippen molar-refractivity contribution in [1.82, 2.24) is 20.2 Å². The van der Waals surface area contributed by atoms with Crippen molar-refractivity contribution in [2.45, 2.75) is 25.4 Å². The van der Waals surface area contributed by atoms with Crippen LogP contribution in [0.5, 0.6) is 0 Å². The summed E-state index contributed by atoms with van der Waals surface area (Å²) in [5, 5.41) is 17.7. The normalized spacial score (nSPS) is 24.7. The number of piperidine rings is 1. The first-order chi connectivity index (χ1) is 8.55. The summed E-state index contributed by atoms with van der Waals surface area (Å²) in [6.45, 7) is 3.24. The maximum absolute atomic E-state index is 10.2. The minimum Gasteiger partial charge on any atom is -0.388 e. The lowest BCUT2D eigenvalue weighted by molar-refractivity contribution is 0.0448. The van der Waals surface area contributed by atoms with Crippen molar-refractivity contribution in [3.05, 3.63) is 6.20 Å². The van der Waals surface area contributed by atoms with E-state index in [1.54, 1.807) is 6.20 Å². The van der Waals surface area contributed by atoms with Crippen molar-refractivity contribution in [1.29, 1.82) is 0 Å². The average Bonchev–Trinajstić information content (AvgIpc) is 2.74. The molecule has 96 valence electrons. The first-order valence-electron chi connectivity index (χ1n) is 5.99. The van der Waals surface area contributed by atoms with Gasteiger partial charge in [0, 0.05) is 13.1 Å². The molecule has 0 spiro atoms. The Labute approximate surface area is 104 Å². The van der Waals surface area contributed by atoms with E-state index in [0.29, 0.717) is 12.2 Å². The van der Waals surface area contributed by atoms with Gasteiger partial charge in [-0.2, -0.15) is 15.1 Å². The van der Waals surface area contributed by atoms with E-state index in [1.165, 1.54) is 0 Å². The Bertz CT molecular complexity index is 578. The standard InChI is InChI=1S/C11H16N6O/c1-11(18)3-2-4-17(6-11)9-7-5-13-16-8(7)14-10(12)15-9/h5,18H,2-4,6H2,1H3,(H3,12,13,14,15,16)/t11-/m0/s1. The number of H-pyrrole nitrogens is 1. The van der Waals surface area contributed by atoms with Crippen LogP contribution in [0, 0.1) is 0 Å². The van der Waals surface area contributed by atoms with Crippen LogP contribution in [0.2, 0.25) is 0 Å². The molecule has 0 unspecified atom stereocenters. The summed E-state index contributed by atoms with van der Waals surface area (Å²) >= 11 is 0. The molecule has 18 heavy (non-hydrogen) atoms. The molecular formula is C11H16N6O. The van der Waals surface area contributed by atoms with Crippen LogP contribution >= 0.6 is 0 Å². The highest BCUT2D eigenvalue weighted by atomic mass is 16.3. The van der Waals surface area contributed by atoms with E-state index in [0.717, 1.165) is 30.6 Å². The zero-order valence-corrected chi connectivity index (χ0v) is 10.2. The summed E-state index contributed by atoms with van der Waals surface area (Å²) in [6.07, 6.45) is 3.42. The van der Waals surface area contributed by atoms with Crippen LogP contribution in [0.4, 0.5) is 11.8 Å². The van der Waals surface area contributed by atoms with Crippen LogP contribution in [-0.2, 0) is 0 Å². The maximum Gasteiger partial charge on any atom is 0.224 e. The number of aliphatic hydroxyl groups is 1. The Hall–Kier alpha value is -1.89. The topological polar surface area (TPSA) is 104 Å². The molecule has 1 aliphatic heterocycles. The van der Waals surface area contributed by atoms with Crippen molar-refractivity contribution < 1.29 is 5.11 Å². The lowest BCUT2D eigenvalue weighted by Crippen LogP contribution is -2.46. The SMILES string of the molecule is C[C@]1(O)CCCN(c2nc(N)nc3[nH]ncc23)C1. The molecule has 0 bridgehead atoms. The first kappa shape index (κ1) is 11.2. The molecule has 1 saturated heterocycles. The molecule has 3 heterocycles. The van der Waals surface area contributed by atoms with Crippen molar-refractivity contribution in [3.63, 3.8) is 0 Å². The summed E-state index contributed by atoms with van der Waals surface area (Å²) in [5.74, 6) is 0.957. The van der Waals surface area contributed by atoms with Gasteiger partial charge in [-0.15, -0.1) is 0 Å². The van der Waals surface area contributed by atoms with Crippen LogP contribution in [0.3, 0.4) is 0 Å². The second-order valence-corrected chi connectivity index (χ2v) is 5.06. The predicted molar refractivity (Wildman–Crippen MR) is 68.2 cm³/mol. The number of anilines is 2. The number of fused-ring (bicyclic) bond motifs is 1. The summed E-state index contributed by atoms with van der Waals surface area (Å²) in [5.41, 5.74) is 5.64. The number of aromatic nitrogens is 4. The summed E-state index contributed by atoms with van der Waals surface area (Å²) < 4.78 is 0. The highest BCUT2D eigenvalue weighted by Crippen LogP contribution is 2.29. The first-order valence-corrected chi connectivity index (χ1v) is 5.99. The van der Waals surface area contributed by atoms with Crippen molar-refractivity contribution >= 4 is 22.8 Å². The van der Waals surface area contributed by atoms with Gasteiger partial charge < -0.3 is 15.7 Å². The molecule has 0 amide bonds. The predicted octanol–water partition coefficient (Wildman–Crippen LogP) is 0.286. The number of nitrogen functional groups attached to an aromatic ring is 1. The maximum atomic E-state index is 10.2. The lowest BCUT2D eigenvalue weighted by atomic mass is 9.95. The molecule has 0 aliphatic carbocycles. The van der Waals surface area contributed by atoms with Crippen LogP contribution < -0.4 is 10.6 Å². The fraction of sp³-hybridized carbons (Fsp3) is 0.545. The number of β-amino-alcohol motifs (C(OH)–C–C–N with tert-alkyl or cyclic N) is 1. The van der Waals surface area contributed by atoms with E-state index >= 15 is 0 Å². The van der Waals surface area contributed by atoms with E-state index in [9.17, 15) is 5.11 Å². The van der Waals surface area contributed by atoms with Crippen LogP contribution in [-0.4, -0.2) is 44.0 Å². The number of hydrogen-bond acceptors (Lipinski definition) is 6. The van der Waals surface area contributed by atoms with Gasteiger partial charge in [0.1, 0.15) is 5.82 Å². The molecule has 7 heteroatoms. The number of aromatic amines is 1. The number of nitrogens with two attached hydrogens (primary N) is 1. The fourth-order valence-corrected chi connectivity index (χ4v) is 2.48. The van der Waals surface area contributed by atoms with E-state index < -0.39 is 5.60 Å². The van der Waals surface area contributed by atoms with Gasteiger partial charge in [0.05, 0.1) is 17.2 Å². The minimum atomic E-state index is -0.686. The van der Waals surface area contributed by atoms with Crippen molar-refractivity contribution in [2.24, 2.45) is 0 Å². The number of hydrogen-bond donors (Lipinski definition) is 3. The smallest absolute Gasteiger partial charge is 0.224 e. The molecule has 2 aromatic heterocycles. The average molecular weight is 248 g/mol. The van der Waals surface area contributed by atoms with Gasteiger partial charge in [-0.1, -0.05) is 0 Å². The van der Waals surface area contributed by atoms with Crippen molar-refractivity contribution in [3.8, 4) is 0 Å². The molecule has 0 saturated carbocycles. The lowest BCUT2D eigenvalue weighted by Gasteiger charge is -2.37. The van der Waals surface area contributed by atoms with E-state index in [1.807, 2.05) is 11.8 Å². The number of nitrogens with zero attached hydrogens (tertiary/aromatic N) is 4. The quantitative estimate of drug-likeness (QED) is 0.670. The van der Waals surface area contributed by atoms with Crippen LogP contribution in [0.1, 0.15) is 19.8 Å². The molecule has 1 aliphatic rings. The molecular weight excluding hydrogens is 232 g/mol. The summed E-state index contributed by atoms with van der Waals surface area (Å²) in [6, 6.07) is 0. The highest BCUT2D eigenvalue weighted by molar-refractivity contribution is 5.87. The van der Waals surface area contributed by atoms with Gasteiger partial charge in [0.25, 0.3) is 0 Å².